The Morgan fingerprint density at radius 2 is 1.75 bits per heavy atom. The predicted molar refractivity (Wildman–Crippen MR) is 77.9 cm³/mol. The molecule has 2 aromatic rings. The minimum absolute atomic E-state index is 0.281. The highest BCUT2D eigenvalue weighted by molar-refractivity contribution is 5.94. The van der Waals surface area contributed by atoms with E-state index in [4.69, 9.17) is 9.84 Å². The number of aromatic carboxylic acids is 1. The lowest BCUT2D eigenvalue weighted by Crippen LogP contribution is -2.06. The van der Waals surface area contributed by atoms with E-state index < -0.39 is 5.97 Å². The number of anilines is 1. The first-order valence-corrected chi connectivity index (χ1v) is 6.33. The number of carboxylic acid groups (broad SMARTS) is 1. The molecule has 104 valence electrons. The average Bonchev–Trinajstić information content (AvgIpc) is 2.47. The molecule has 0 aromatic heterocycles. The van der Waals surface area contributed by atoms with Crippen molar-refractivity contribution in [2.75, 3.05) is 12.4 Å². The van der Waals surface area contributed by atoms with Crippen LogP contribution >= 0.6 is 0 Å². The van der Waals surface area contributed by atoms with E-state index in [0.717, 1.165) is 11.1 Å². The Morgan fingerprint density at radius 3 is 2.40 bits per heavy atom. The molecule has 0 aliphatic rings. The van der Waals surface area contributed by atoms with E-state index in [2.05, 4.69) is 5.32 Å². The standard InChI is InChI=1S/C16H17NO3/c1-20-11-13-8-6-12(7-9-13)10-17-15-5-3-2-4-14(15)16(18)19/h2-9,17H,10-11H2,1H3,(H,18,19). The average molecular weight is 271 g/mol. The molecule has 0 aliphatic heterocycles. The Kier molecular flexibility index (Phi) is 4.74. The third-order valence-electron chi connectivity index (χ3n) is 2.97. The largest absolute Gasteiger partial charge is 0.478 e. The molecule has 0 amide bonds. The van der Waals surface area contributed by atoms with E-state index in [1.807, 2.05) is 30.3 Å². The van der Waals surface area contributed by atoms with Crippen LogP contribution in [0.2, 0.25) is 0 Å². The van der Waals surface area contributed by atoms with Crippen molar-refractivity contribution < 1.29 is 14.6 Å². The van der Waals surface area contributed by atoms with Crippen LogP contribution in [0.5, 0.6) is 0 Å². The normalized spacial score (nSPS) is 10.2. The number of hydrogen-bond donors (Lipinski definition) is 2. The summed E-state index contributed by atoms with van der Waals surface area (Å²) >= 11 is 0. The van der Waals surface area contributed by atoms with E-state index in [0.29, 0.717) is 18.8 Å². The van der Waals surface area contributed by atoms with Crippen LogP contribution in [0.1, 0.15) is 21.5 Å². The molecular weight excluding hydrogens is 254 g/mol. The lowest BCUT2D eigenvalue weighted by molar-refractivity contribution is 0.0698. The van der Waals surface area contributed by atoms with Crippen molar-refractivity contribution in [3.63, 3.8) is 0 Å². The second kappa shape index (κ2) is 6.73. The zero-order valence-electron chi connectivity index (χ0n) is 11.3. The second-order valence-corrected chi connectivity index (χ2v) is 4.45. The maximum atomic E-state index is 11.1. The molecular formula is C16H17NO3. The molecule has 4 nitrogen and oxygen atoms in total. The van der Waals surface area contributed by atoms with E-state index in [1.54, 1.807) is 25.3 Å². The first kappa shape index (κ1) is 14.1. The lowest BCUT2D eigenvalue weighted by Gasteiger charge is -2.10. The summed E-state index contributed by atoms with van der Waals surface area (Å²) in [6, 6.07) is 14.9. The molecule has 0 spiro atoms. The van der Waals surface area contributed by atoms with E-state index in [1.165, 1.54) is 0 Å². The molecule has 0 fully saturated rings. The highest BCUT2D eigenvalue weighted by Gasteiger charge is 2.08. The molecule has 0 aliphatic carbocycles. The maximum Gasteiger partial charge on any atom is 0.337 e. The fraction of sp³-hybridized carbons (Fsp3) is 0.188. The lowest BCUT2D eigenvalue weighted by atomic mass is 10.1. The van der Waals surface area contributed by atoms with Gasteiger partial charge in [-0.05, 0) is 23.3 Å². The molecule has 2 rings (SSSR count). The van der Waals surface area contributed by atoms with Gasteiger partial charge in [0, 0.05) is 19.3 Å². The van der Waals surface area contributed by atoms with Gasteiger partial charge in [-0.3, -0.25) is 0 Å². The Hall–Kier alpha value is -2.33. The van der Waals surface area contributed by atoms with Gasteiger partial charge in [0.1, 0.15) is 0 Å². The molecule has 0 atom stereocenters. The number of nitrogens with one attached hydrogen (secondary N) is 1. The van der Waals surface area contributed by atoms with Crippen molar-refractivity contribution in [1.29, 1.82) is 0 Å². The quantitative estimate of drug-likeness (QED) is 0.847. The summed E-state index contributed by atoms with van der Waals surface area (Å²) in [5.41, 5.74) is 3.11. The van der Waals surface area contributed by atoms with Gasteiger partial charge in [0.05, 0.1) is 12.2 Å². The summed E-state index contributed by atoms with van der Waals surface area (Å²) in [7, 11) is 1.66. The van der Waals surface area contributed by atoms with Crippen LogP contribution in [0.15, 0.2) is 48.5 Å². The number of hydrogen-bond acceptors (Lipinski definition) is 3. The Labute approximate surface area is 118 Å². The minimum Gasteiger partial charge on any atom is -0.478 e. The molecule has 0 heterocycles. The van der Waals surface area contributed by atoms with Crippen LogP contribution in [-0.4, -0.2) is 18.2 Å². The maximum absolute atomic E-state index is 11.1. The first-order chi connectivity index (χ1) is 9.70. The van der Waals surface area contributed by atoms with Gasteiger partial charge in [0.25, 0.3) is 0 Å². The van der Waals surface area contributed by atoms with E-state index >= 15 is 0 Å². The number of carboxylic acids is 1. The molecule has 2 N–H and O–H groups in total. The van der Waals surface area contributed by atoms with Crippen LogP contribution in [0.3, 0.4) is 0 Å². The zero-order chi connectivity index (χ0) is 14.4. The molecule has 0 radical (unpaired) electrons. The third-order valence-corrected chi connectivity index (χ3v) is 2.97. The third kappa shape index (κ3) is 3.59. The van der Waals surface area contributed by atoms with Crippen molar-refractivity contribution >= 4 is 11.7 Å². The van der Waals surface area contributed by atoms with Crippen molar-refractivity contribution in [2.24, 2.45) is 0 Å². The number of ether oxygens (including phenoxy) is 1. The SMILES string of the molecule is COCc1ccc(CNc2ccccc2C(=O)O)cc1. The van der Waals surface area contributed by atoms with Crippen molar-refractivity contribution in [1.82, 2.24) is 0 Å². The topological polar surface area (TPSA) is 58.6 Å². The Bertz CT molecular complexity index is 579. The Morgan fingerprint density at radius 1 is 1.10 bits per heavy atom. The van der Waals surface area contributed by atoms with Crippen molar-refractivity contribution in [3.05, 3.63) is 65.2 Å². The van der Waals surface area contributed by atoms with Crippen LogP contribution in [0.25, 0.3) is 0 Å². The monoisotopic (exact) mass is 271 g/mol. The van der Waals surface area contributed by atoms with Gasteiger partial charge in [-0.1, -0.05) is 36.4 Å². The highest BCUT2D eigenvalue weighted by Crippen LogP contribution is 2.16. The van der Waals surface area contributed by atoms with Crippen molar-refractivity contribution in [3.8, 4) is 0 Å². The predicted octanol–water partition coefficient (Wildman–Crippen LogP) is 3.14. The number of rotatable bonds is 6. The van der Waals surface area contributed by atoms with Crippen LogP contribution < -0.4 is 5.32 Å². The van der Waals surface area contributed by atoms with Crippen molar-refractivity contribution in [2.45, 2.75) is 13.2 Å². The molecule has 0 saturated heterocycles. The number of benzene rings is 2. The highest BCUT2D eigenvalue weighted by atomic mass is 16.5. The summed E-state index contributed by atoms with van der Waals surface area (Å²) < 4.78 is 5.06. The fourth-order valence-electron chi connectivity index (χ4n) is 1.94. The molecule has 0 bridgehead atoms. The number of methoxy groups -OCH3 is 1. The van der Waals surface area contributed by atoms with Gasteiger partial charge < -0.3 is 15.2 Å². The molecule has 4 heteroatoms. The molecule has 0 unspecified atom stereocenters. The Balaban J connectivity index is 2.03. The fourth-order valence-corrected chi connectivity index (χ4v) is 1.94. The van der Waals surface area contributed by atoms with Gasteiger partial charge in [0.2, 0.25) is 0 Å². The van der Waals surface area contributed by atoms with E-state index in [-0.39, 0.29) is 5.56 Å². The van der Waals surface area contributed by atoms with Gasteiger partial charge in [-0.2, -0.15) is 0 Å². The summed E-state index contributed by atoms with van der Waals surface area (Å²) in [6.45, 7) is 1.17. The van der Waals surface area contributed by atoms with Gasteiger partial charge in [0.15, 0.2) is 0 Å². The second-order valence-electron chi connectivity index (χ2n) is 4.45. The summed E-state index contributed by atoms with van der Waals surface area (Å²) in [4.78, 5) is 11.1. The van der Waals surface area contributed by atoms with Gasteiger partial charge in [-0.25, -0.2) is 4.79 Å². The summed E-state index contributed by atoms with van der Waals surface area (Å²) in [6.07, 6.45) is 0. The molecule has 0 saturated carbocycles. The number of para-hydroxylation sites is 1. The zero-order valence-corrected chi connectivity index (χ0v) is 11.3. The van der Waals surface area contributed by atoms with E-state index in [9.17, 15) is 4.79 Å². The first-order valence-electron chi connectivity index (χ1n) is 6.33. The van der Waals surface area contributed by atoms with Crippen LogP contribution in [-0.2, 0) is 17.9 Å². The van der Waals surface area contributed by atoms with Gasteiger partial charge >= 0.3 is 5.97 Å². The van der Waals surface area contributed by atoms with Crippen LogP contribution in [0, 0.1) is 0 Å². The summed E-state index contributed by atoms with van der Waals surface area (Å²) in [5.74, 6) is -0.927. The molecule has 20 heavy (non-hydrogen) atoms. The molecule has 2 aromatic carbocycles. The summed E-state index contributed by atoms with van der Waals surface area (Å²) in [5, 5.41) is 12.3. The van der Waals surface area contributed by atoms with Gasteiger partial charge in [-0.15, -0.1) is 0 Å². The smallest absolute Gasteiger partial charge is 0.337 e. The minimum atomic E-state index is -0.927. The van der Waals surface area contributed by atoms with Crippen LogP contribution in [0.4, 0.5) is 5.69 Å². The number of carbonyl (C=O) groups is 1.